The summed E-state index contributed by atoms with van der Waals surface area (Å²) >= 11 is 5.20. The number of halogens is 3. The molecule has 3 saturated heterocycles. The molecule has 0 spiro atoms. The van der Waals surface area contributed by atoms with Crippen LogP contribution in [0.25, 0.3) is 10.9 Å². The smallest absolute Gasteiger partial charge is 0.410 e. The first-order chi connectivity index (χ1) is 20.9. The lowest BCUT2D eigenvalue weighted by Crippen LogP contribution is -2.56. The van der Waals surface area contributed by atoms with E-state index < -0.39 is 39.7 Å². The summed E-state index contributed by atoms with van der Waals surface area (Å²) in [5.74, 6) is -0.940. The molecule has 1 aromatic carbocycles. The summed E-state index contributed by atoms with van der Waals surface area (Å²) in [6.07, 6.45) is 1.75. The van der Waals surface area contributed by atoms with Crippen LogP contribution in [-0.2, 0) is 15.9 Å². The zero-order valence-electron chi connectivity index (χ0n) is 26.2. The van der Waals surface area contributed by atoms with E-state index in [0.29, 0.717) is 23.0 Å². The minimum absolute atomic E-state index is 0.0295. The van der Waals surface area contributed by atoms with Crippen LogP contribution in [0.3, 0.4) is 0 Å². The molecule has 3 aliphatic heterocycles. The number of ether oxygens (including phenoxy) is 3. The molecular weight excluding hydrogens is 768 g/mol. The lowest BCUT2D eigenvalue weighted by Gasteiger charge is -2.38. The SMILES string of the molecule is CN1CCC[C@H]1COc1nc2c(F)c(Br)c(I)cc2c(CC(C)(C)OC(=O)NC23CC(C2)N(C(=O)OC(C)(C)C)C3)c1[N+](=O)[O-]. The maximum absolute atomic E-state index is 15.6. The minimum Gasteiger partial charge on any atom is -0.471 e. The van der Waals surface area contributed by atoms with Gasteiger partial charge in [0.05, 0.1) is 14.9 Å². The number of alkyl carbamates (subject to hydrolysis) is 1. The normalized spacial score (nSPS) is 23.2. The van der Waals surface area contributed by atoms with Crippen molar-refractivity contribution in [3.05, 3.63) is 35.6 Å². The van der Waals surface area contributed by atoms with Crippen LogP contribution in [0.4, 0.5) is 19.7 Å². The molecule has 2 amide bonds. The van der Waals surface area contributed by atoms with E-state index in [2.05, 4.69) is 31.1 Å². The summed E-state index contributed by atoms with van der Waals surface area (Å²) in [6, 6.07) is 1.65. The Balaban J connectivity index is 1.39. The van der Waals surface area contributed by atoms with Crippen LogP contribution in [0.15, 0.2) is 10.5 Å². The minimum atomic E-state index is -1.26. The third kappa shape index (κ3) is 7.09. The maximum Gasteiger partial charge on any atom is 0.410 e. The number of amides is 2. The van der Waals surface area contributed by atoms with Crippen LogP contribution >= 0.6 is 38.5 Å². The Morgan fingerprint density at radius 3 is 2.56 bits per heavy atom. The zero-order valence-corrected chi connectivity index (χ0v) is 29.9. The van der Waals surface area contributed by atoms with Crippen LogP contribution < -0.4 is 10.1 Å². The Morgan fingerprint density at radius 1 is 1.27 bits per heavy atom. The highest BCUT2D eigenvalue weighted by Gasteiger charge is 2.58. The van der Waals surface area contributed by atoms with Gasteiger partial charge >= 0.3 is 17.9 Å². The number of pyridine rings is 1. The summed E-state index contributed by atoms with van der Waals surface area (Å²) in [6.45, 7) is 10.0. The van der Waals surface area contributed by atoms with Crippen molar-refractivity contribution < 1.29 is 33.1 Å². The largest absolute Gasteiger partial charge is 0.471 e. The molecule has 4 fully saturated rings. The first-order valence-electron chi connectivity index (χ1n) is 14.9. The van der Waals surface area contributed by atoms with Crippen LogP contribution in [-0.4, -0.2) is 87.5 Å². The lowest BCUT2D eigenvalue weighted by molar-refractivity contribution is -0.387. The van der Waals surface area contributed by atoms with Gasteiger partial charge in [0.1, 0.15) is 23.3 Å². The summed E-state index contributed by atoms with van der Waals surface area (Å²) in [5, 5.41) is 15.7. The van der Waals surface area contributed by atoms with Crippen molar-refractivity contribution >= 4 is 67.3 Å². The third-order valence-corrected chi connectivity index (χ3v) is 10.9. The van der Waals surface area contributed by atoms with Crippen molar-refractivity contribution in [3.8, 4) is 5.88 Å². The van der Waals surface area contributed by atoms with Gasteiger partial charge in [0.15, 0.2) is 5.82 Å². The monoisotopic (exact) mass is 805 g/mol. The molecule has 246 valence electrons. The van der Waals surface area contributed by atoms with Crippen LogP contribution in [0.2, 0.25) is 0 Å². The standard InChI is InChI=1S/C30H38BrFIN5O7/c1-28(2,3)45-27(40)37-15-30(11-17(37)12-30)35-26(39)44-29(4,5)13-19-18-10-20(33)21(31)22(32)23(18)34-25(24(19)38(41)42)43-14-16-8-7-9-36(16)6/h10,16-17H,7-9,11-15H2,1-6H3,(H,35,39)/t16-,17?,30?/m0/s1. The molecule has 1 saturated carbocycles. The van der Waals surface area contributed by atoms with E-state index >= 15 is 4.39 Å². The fraction of sp³-hybridized carbons (Fsp3) is 0.633. The quantitative estimate of drug-likeness (QED) is 0.141. The Hall–Kier alpha value is -2.53. The van der Waals surface area contributed by atoms with Crippen LogP contribution in [0.1, 0.15) is 65.9 Å². The maximum atomic E-state index is 15.6. The number of nitrogens with one attached hydrogen (secondary N) is 1. The van der Waals surface area contributed by atoms with E-state index in [1.54, 1.807) is 45.6 Å². The van der Waals surface area contributed by atoms with Gasteiger partial charge in [-0.2, -0.15) is 0 Å². The van der Waals surface area contributed by atoms with Crippen molar-refractivity contribution in [2.45, 2.75) is 95.5 Å². The molecule has 15 heteroatoms. The van der Waals surface area contributed by atoms with E-state index in [-0.39, 0.29) is 57.6 Å². The van der Waals surface area contributed by atoms with Gasteiger partial charge in [-0.05, 0) is 118 Å². The molecule has 1 aliphatic carbocycles. The number of likely N-dealkylation sites (tertiary alicyclic amines) is 1. The Morgan fingerprint density at radius 2 is 1.96 bits per heavy atom. The van der Waals surface area contributed by atoms with Gasteiger partial charge in [-0.3, -0.25) is 10.1 Å². The molecule has 6 rings (SSSR count). The van der Waals surface area contributed by atoms with Crippen molar-refractivity contribution in [1.29, 1.82) is 0 Å². The molecule has 4 heterocycles. The van der Waals surface area contributed by atoms with E-state index in [0.717, 1.165) is 19.4 Å². The highest BCUT2D eigenvalue weighted by Crippen LogP contribution is 2.46. The van der Waals surface area contributed by atoms with Crippen molar-refractivity contribution in [3.63, 3.8) is 0 Å². The van der Waals surface area contributed by atoms with Crippen LogP contribution in [0.5, 0.6) is 5.88 Å². The third-order valence-electron chi connectivity index (χ3n) is 8.56. The molecule has 2 aromatic rings. The Bertz CT molecular complexity index is 1550. The molecule has 1 atom stereocenters. The van der Waals surface area contributed by atoms with Crippen molar-refractivity contribution in [1.82, 2.24) is 20.1 Å². The van der Waals surface area contributed by atoms with Gasteiger partial charge in [-0.1, -0.05) is 0 Å². The topological polar surface area (TPSA) is 136 Å². The predicted molar refractivity (Wildman–Crippen MR) is 176 cm³/mol. The molecule has 2 bridgehead atoms. The highest BCUT2D eigenvalue weighted by atomic mass is 127. The fourth-order valence-corrected chi connectivity index (χ4v) is 7.30. The number of aromatic nitrogens is 1. The molecule has 0 radical (unpaired) electrons. The molecule has 0 unspecified atom stereocenters. The van der Waals surface area contributed by atoms with Gasteiger partial charge in [-0.15, -0.1) is 0 Å². The second-order valence-electron chi connectivity index (χ2n) is 13.9. The second kappa shape index (κ2) is 12.2. The van der Waals surface area contributed by atoms with E-state index in [1.165, 1.54) is 0 Å². The van der Waals surface area contributed by atoms with E-state index in [4.69, 9.17) is 14.2 Å². The molecular formula is C30H38BrFIN5O7. The number of benzene rings is 1. The van der Waals surface area contributed by atoms with E-state index in [1.807, 2.05) is 29.6 Å². The lowest BCUT2D eigenvalue weighted by atomic mass is 9.78. The number of fused-ring (bicyclic) bond motifs is 2. The van der Waals surface area contributed by atoms with E-state index in [9.17, 15) is 19.7 Å². The van der Waals surface area contributed by atoms with Crippen molar-refractivity contribution in [2.24, 2.45) is 0 Å². The number of rotatable bonds is 8. The van der Waals surface area contributed by atoms with Crippen LogP contribution in [0, 0.1) is 19.5 Å². The number of hydrogen-bond acceptors (Lipinski definition) is 9. The number of carbonyl (C=O) groups is 2. The molecule has 1 aromatic heterocycles. The fourth-order valence-electron chi connectivity index (χ4n) is 6.45. The summed E-state index contributed by atoms with van der Waals surface area (Å²) in [4.78, 5) is 45.9. The second-order valence-corrected chi connectivity index (χ2v) is 15.8. The summed E-state index contributed by atoms with van der Waals surface area (Å²) in [5.41, 5.74) is -2.84. The number of likely N-dealkylation sites (N-methyl/N-ethyl adjacent to an activating group) is 1. The Kier molecular flexibility index (Phi) is 9.21. The zero-order chi connectivity index (χ0) is 33.1. The molecule has 12 nitrogen and oxygen atoms in total. The number of nitrogens with zero attached hydrogens (tertiary/aromatic N) is 4. The molecule has 4 aliphatic rings. The summed E-state index contributed by atoms with van der Waals surface area (Å²) < 4.78 is 33.6. The number of hydrogen-bond donors (Lipinski definition) is 1. The average molecular weight is 806 g/mol. The van der Waals surface area contributed by atoms with Gasteiger partial charge in [0, 0.05) is 39.6 Å². The average Bonchev–Trinajstić information content (AvgIpc) is 3.57. The highest BCUT2D eigenvalue weighted by molar-refractivity contribution is 14.1. The number of nitro groups is 1. The molecule has 1 N–H and O–H groups in total. The van der Waals surface area contributed by atoms with Gasteiger partial charge < -0.3 is 29.3 Å². The van der Waals surface area contributed by atoms with Gasteiger partial charge in [0.25, 0.3) is 5.88 Å². The Labute approximate surface area is 283 Å². The van der Waals surface area contributed by atoms with Gasteiger partial charge in [0.2, 0.25) is 0 Å². The first-order valence-corrected chi connectivity index (χ1v) is 16.7. The summed E-state index contributed by atoms with van der Waals surface area (Å²) in [7, 11) is 1.96. The number of carbonyl (C=O) groups excluding carboxylic acids is 2. The van der Waals surface area contributed by atoms with Gasteiger partial charge in [-0.25, -0.2) is 19.0 Å². The predicted octanol–water partition coefficient (Wildman–Crippen LogP) is 6.32. The molecule has 45 heavy (non-hydrogen) atoms. The van der Waals surface area contributed by atoms with Crippen molar-refractivity contribution in [2.75, 3.05) is 26.7 Å². The first kappa shape index (κ1) is 33.8.